The van der Waals surface area contributed by atoms with Crippen LogP contribution in [0.25, 0.3) is 0 Å². The summed E-state index contributed by atoms with van der Waals surface area (Å²) in [4.78, 5) is 1.51. The van der Waals surface area contributed by atoms with Crippen LogP contribution < -0.4 is 5.32 Å². The molecule has 1 atom stereocenters. The van der Waals surface area contributed by atoms with Crippen LogP contribution in [-0.2, 0) is 11.2 Å². The van der Waals surface area contributed by atoms with E-state index in [1.165, 1.54) is 30.6 Å². The van der Waals surface area contributed by atoms with E-state index in [-0.39, 0.29) is 0 Å². The topological polar surface area (TPSA) is 21.3 Å². The molecule has 1 N–H and O–H groups in total. The van der Waals surface area contributed by atoms with Crippen LogP contribution in [0.2, 0.25) is 0 Å². The van der Waals surface area contributed by atoms with Gasteiger partial charge in [0.15, 0.2) is 0 Å². The molecule has 1 aliphatic heterocycles. The summed E-state index contributed by atoms with van der Waals surface area (Å²) in [6, 6.07) is 4.39. The van der Waals surface area contributed by atoms with Gasteiger partial charge in [-0.1, -0.05) is 13.0 Å². The van der Waals surface area contributed by atoms with E-state index >= 15 is 0 Å². The van der Waals surface area contributed by atoms with Crippen LogP contribution in [0.3, 0.4) is 0 Å². The Kier molecular flexibility index (Phi) is 5.01. The molecule has 1 aromatic rings. The van der Waals surface area contributed by atoms with Gasteiger partial charge in [-0.2, -0.15) is 0 Å². The molecular formula is C14H23NOS. The molecule has 1 fully saturated rings. The van der Waals surface area contributed by atoms with Crippen LogP contribution in [-0.4, -0.2) is 26.3 Å². The quantitative estimate of drug-likeness (QED) is 0.754. The van der Waals surface area contributed by atoms with Crippen molar-refractivity contribution in [3.8, 4) is 0 Å². The number of rotatable bonds is 7. The van der Waals surface area contributed by atoms with Crippen LogP contribution >= 0.6 is 11.3 Å². The van der Waals surface area contributed by atoms with Crippen molar-refractivity contribution in [1.29, 1.82) is 0 Å². The molecule has 0 aromatic carbocycles. The fourth-order valence-electron chi connectivity index (χ4n) is 2.45. The number of aryl methyl sites for hydroxylation is 1. The molecule has 0 radical (unpaired) electrons. The lowest BCUT2D eigenvalue weighted by molar-refractivity contribution is 0.144. The normalized spacial score (nSPS) is 24.3. The third-order valence-corrected chi connectivity index (χ3v) is 4.53. The minimum absolute atomic E-state index is 0.388. The van der Waals surface area contributed by atoms with E-state index in [2.05, 4.69) is 29.8 Å². The predicted molar refractivity (Wildman–Crippen MR) is 73.7 cm³/mol. The molecule has 2 nitrogen and oxygen atoms in total. The molecular weight excluding hydrogens is 230 g/mol. The fraction of sp³-hybridized carbons (Fsp3) is 0.714. The van der Waals surface area contributed by atoms with Gasteiger partial charge in [-0.15, -0.1) is 11.3 Å². The van der Waals surface area contributed by atoms with Crippen molar-refractivity contribution in [3.05, 3.63) is 22.4 Å². The molecule has 1 aromatic heterocycles. The lowest BCUT2D eigenvalue weighted by atomic mass is 9.82. The summed E-state index contributed by atoms with van der Waals surface area (Å²) in [6.07, 6.45) is 4.88. The minimum Gasteiger partial charge on any atom is -0.381 e. The standard InChI is InChI=1S/C14H23NOS/c1-2-8-15-11-14(7-9-16-12-14)6-5-13-4-3-10-17-13/h3-4,10,15H,2,5-9,11-12H2,1H3. The lowest BCUT2D eigenvalue weighted by Crippen LogP contribution is -2.35. The molecule has 2 heterocycles. The highest BCUT2D eigenvalue weighted by atomic mass is 32.1. The van der Waals surface area contributed by atoms with Gasteiger partial charge in [-0.3, -0.25) is 0 Å². The number of hydrogen-bond acceptors (Lipinski definition) is 3. The second-order valence-corrected chi connectivity index (χ2v) is 6.09. The fourth-order valence-corrected chi connectivity index (χ4v) is 3.16. The molecule has 17 heavy (non-hydrogen) atoms. The Morgan fingerprint density at radius 2 is 2.47 bits per heavy atom. The van der Waals surface area contributed by atoms with Crippen molar-refractivity contribution in [2.75, 3.05) is 26.3 Å². The van der Waals surface area contributed by atoms with E-state index in [4.69, 9.17) is 4.74 Å². The van der Waals surface area contributed by atoms with Gasteiger partial charge in [0.25, 0.3) is 0 Å². The SMILES string of the molecule is CCCNCC1(CCc2cccs2)CCOC1. The summed E-state index contributed by atoms with van der Waals surface area (Å²) in [5.74, 6) is 0. The van der Waals surface area contributed by atoms with E-state index in [9.17, 15) is 0 Å². The van der Waals surface area contributed by atoms with E-state index in [0.717, 1.165) is 26.3 Å². The number of ether oxygens (including phenoxy) is 1. The second-order valence-electron chi connectivity index (χ2n) is 5.06. The third-order valence-electron chi connectivity index (χ3n) is 3.59. The summed E-state index contributed by atoms with van der Waals surface area (Å²) in [7, 11) is 0. The van der Waals surface area contributed by atoms with Crippen LogP contribution in [0.4, 0.5) is 0 Å². The van der Waals surface area contributed by atoms with Crippen LogP contribution in [0.5, 0.6) is 0 Å². The molecule has 96 valence electrons. The summed E-state index contributed by atoms with van der Waals surface area (Å²) in [6.45, 7) is 6.34. The van der Waals surface area contributed by atoms with E-state index in [1.807, 2.05) is 11.3 Å². The van der Waals surface area contributed by atoms with Gasteiger partial charge < -0.3 is 10.1 Å². The Balaban J connectivity index is 1.83. The third kappa shape index (κ3) is 3.80. The molecule has 3 heteroatoms. The van der Waals surface area contributed by atoms with Gasteiger partial charge in [0, 0.05) is 23.4 Å². The summed E-state index contributed by atoms with van der Waals surface area (Å²) < 4.78 is 5.62. The van der Waals surface area contributed by atoms with Crippen LogP contribution in [0.1, 0.15) is 31.1 Å². The van der Waals surface area contributed by atoms with E-state index in [1.54, 1.807) is 0 Å². The summed E-state index contributed by atoms with van der Waals surface area (Å²) >= 11 is 1.87. The first kappa shape index (κ1) is 13.1. The number of thiophene rings is 1. The maximum Gasteiger partial charge on any atom is 0.0535 e. The molecule has 0 bridgehead atoms. The van der Waals surface area contributed by atoms with Gasteiger partial charge >= 0.3 is 0 Å². The first-order valence-corrected chi connectivity index (χ1v) is 7.53. The molecule has 0 spiro atoms. The van der Waals surface area contributed by atoms with Gasteiger partial charge in [0.1, 0.15) is 0 Å². The molecule has 2 rings (SSSR count). The lowest BCUT2D eigenvalue weighted by Gasteiger charge is -2.27. The zero-order chi connectivity index (χ0) is 12.0. The Morgan fingerprint density at radius 1 is 1.53 bits per heavy atom. The summed E-state index contributed by atoms with van der Waals surface area (Å²) in [5.41, 5.74) is 0.388. The Bertz CT molecular complexity index is 304. The molecule has 0 amide bonds. The smallest absolute Gasteiger partial charge is 0.0535 e. The van der Waals surface area contributed by atoms with Crippen molar-refractivity contribution in [2.45, 2.75) is 32.6 Å². The average Bonchev–Trinajstić information content (AvgIpc) is 2.99. The first-order valence-electron chi connectivity index (χ1n) is 6.65. The zero-order valence-electron chi connectivity index (χ0n) is 10.7. The number of hydrogen-bond donors (Lipinski definition) is 1. The van der Waals surface area contributed by atoms with Crippen LogP contribution in [0.15, 0.2) is 17.5 Å². The van der Waals surface area contributed by atoms with Crippen molar-refractivity contribution in [3.63, 3.8) is 0 Å². The van der Waals surface area contributed by atoms with Gasteiger partial charge in [0.2, 0.25) is 0 Å². The highest BCUT2D eigenvalue weighted by Gasteiger charge is 2.34. The van der Waals surface area contributed by atoms with Crippen molar-refractivity contribution < 1.29 is 4.74 Å². The molecule has 0 saturated carbocycles. The Hall–Kier alpha value is -0.380. The highest BCUT2D eigenvalue weighted by Crippen LogP contribution is 2.33. The highest BCUT2D eigenvalue weighted by molar-refractivity contribution is 7.09. The zero-order valence-corrected chi connectivity index (χ0v) is 11.5. The maximum absolute atomic E-state index is 5.62. The van der Waals surface area contributed by atoms with Crippen LogP contribution in [0, 0.1) is 5.41 Å². The Morgan fingerprint density at radius 3 is 3.12 bits per heavy atom. The van der Waals surface area contributed by atoms with E-state index in [0.29, 0.717) is 5.41 Å². The van der Waals surface area contributed by atoms with Gasteiger partial charge in [0.05, 0.1) is 6.61 Å². The van der Waals surface area contributed by atoms with E-state index < -0.39 is 0 Å². The van der Waals surface area contributed by atoms with Crippen molar-refractivity contribution in [2.24, 2.45) is 5.41 Å². The van der Waals surface area contributed by atoms with Crippen molar-refractivity contribution in [1.82, 2.24) is 5.32 Å². The largest absolute Gasteiger partial charge is 0.381 e. The predicted octanol–water partition coefficient (Wildman–Crippen LogP) is 3.09. The maximum atomic E-state index is 5.62. The van der Waals surface area contributed by atoms with Gasteiger partial charge in [-0.25, -0.2) is 0 Å². The average molecular weight is 253 g/mol. The Labute approximate surface area is 108 Å². The molecule has 1 unspecified atom stereocenters. The second kappa shape index (κ2) is 6.53. The number of nitrogens with one attached hydrogen (secondary N) is 1. The molecule has 1 aliphatic rings. The van der Waals surface area contributed by atoms with Gasteiger partial charge in [-0.05, 0) is 43.7 Å². The molecule has 1 saturated heterocycles. The first-order chi connectivity index (χ1) is 8.35. The summed E-state index contributed by atoms with van der Waals surface area (Å²) in [5, 5.41) is 5.74. The van der Waals surface area contributed by atoms with Crippen molar-refractivity contribution >= 4 is 11.3 Å². The molecule has 0 aliphatic carbocycles. The monoisotopic (exact) mass is 253 g/mol. The minimum atomic E-state index is 0.388.